The molecule has 1 aromatic carbocycles. The molecular formula is C21H25FN2O8. The highest BCUT2D eigenvalue weighted by Gasteiger charge is 2.47. The van der Waals surface area contributed by atoms with Crippen molar-refractivity contribution < 1.29 is 43.6 Å². The van der Waals surface area contributed by atoms with E-state index in [1.807, 2.05) is 18.7 Å². The number of nitrogens with zero attached hydrogens (tertiary/aromatic N) is 2. The number of hydrogen-bond acceptors (Lipinski definition) is 8. The van der Waals surface area contributed by atoms with Gasteiger partial charge in [0.1, 0.15) is 11.9 Å². The molecule has 11 heteroatoms. The van der Waals surface area contributed by atoms with Crippen molar-refractivity contribution in [3.05, 3.63) is 35.6 Å². The molecule has 0 amide bonds. The first-order valence-corrected chi connectivity index (χ1v) is 9.76. The van der Waals surface area contributed by atoms with Gasteiger partial charge in [0.05, 0.1) is 12.8 Å². The van der Waals surface area contributed by atoms with Gasteiger partial charge in [0.2, 0.25) is 5.78 Å². The summed E-state index contributed by atoms with van der Waals surface area (Å²) >= 11 is 0. The van der Waals surface area contributed by atoms with Gasteiger partial charge in [0.15, 0.2) is 5.60 Å². The Morgan fingerprint density at radius 2 is 1.66 bits per heavy atom. The van der Waals surface area contributed by atoms with Gasteiger partial charge in [-0.15, -0.1) is 0 Å². The lowest BCUT2D eigenvalue weighted by Gasteiger charge is -2.29. The maximum atomic E-state index is 13.3. The summed E-state index contributed by atoms with van der Waals surface area (Å²) in [5, 5.41) is 37.9. The van der Waals surface area contributed by atoms with Crippen LogP contribution in [-0.4, -0.2) is 74.7 Å². The average Bonchev–Trinajstić information content (AvgIpc) is 2.72. The third kappa shape index (κ3) is 6.83. The third-order valence-corrected chi connectivity index (χ3v) is 4.89. The maximum Gasteiger partial charge on any atom is 0.336 e. The molecule has 0 bridgehead atoms. The number of carbonyl (C=O) groups excluding carboxylic acids is 2. The molecule has 0 saturated heterocycles. The van der Waals surface area contributed by atoms with Gasteiger partial charge in [0, 0.05) is 18.5 Å². The Morgan fingerprint density at radius 1 is 1.09 bits per heavy atom. The van der Waals surface area contributed by atoms with E-state index >= 15 is 0 Å². The van der Waals surface area contributed by atoms with Crippen molar-refractivity contribution in [3.8, 4) is 6.07 Å². The summed E-state index contributed by atoms with van der Waals surface area (Å²) in [6.07, 6.45) is -2.90. The van der Waals surface area contributed by atoms with Crippen LogP contribution in [0.3, 0.4) is 0 Å². The number of carboxylic acids is 2. The molecule has 2 atom stereocenters. The van der Waals surface area contributed by atoms with Crippen molar-refractivity contribution >= 4 is 23.7 Å². The standard InChI is InChI=1S/C21H25FN2O8/c1-3-24(4-2)10-9-21(13-23,18(28)14-5-7-15(22)8-6-14)32-17(27)12-20(31,19(29)30)11-16(25)26/h5-8,31H,3-4,9-12H2,1-2H3,(H,25,26)(H,29,30). The molecule has 0 heterocycles. The van der Waals surface area contributed by atoms with Crippen molar-refractivity contribution in [1.82, 2.24) is 4.90 Å². The molecule has 10 nitrogen and oxygen atoms in total. The molecule has 3 N–H and O–H groups in total. The van der Waals surface area contributed by atoms with E-state index in [9.17, 15) is 33.9 Å². The normalized spacial score (nSPS) is 14.6. The van der Waals surface area contributed by atoms with Gasteiger partial charge >= 0.3 is 17.9 Å². The zero-order valence-corrected chi connectivity index (χ0v) is 17.7. The smallest absolute Gasteiger partial charge is 0.336 e. The Kier molecular flexibility index (Phi) is 9.43. The molecule has 32 heavy (non-hydrogen) atoms. The zero-order chi connectivity index (χ0) is 24.5. The summed E-state index contributed by atoms with van der Waals surface area (Å²) in [5.74, 6) is -6.71. The first-order chi connectivity index (χ1) is 14.9. The Balaban J connectivity index is 3.29. The van der Waals surface area contributed by atoms with Crippen molar-refractivity contribution in [2.75, 3.05) is 19.6 Å². The van der Waals surface area contributed by atoms with Gasteiger partial charge < -0.3 is 25.0 Å². The van der Waals surface area contributed by atoms with Gasteiger partial charge in [-0.1, -0.05) is 13.8 Å². The minimum absolute atomic E-state index is 0.126. The maximum absolute atomic E-state index is 13.3. The predicted octanol–water partition coefficient (Wildman–Crippen LogP) is 1.23. The number of ketones is 1. The molecule has 1 rings (SSSR count). The molecule has 0 radical (unpaired) electrons. The third-order valence-electron chi connectivity index (χ3n) is 4.89. The van der Waals surface area contributed by atoms with E-state index in [-0.39, 0.29) is 18.5 Å². The summed E-state index contributed by atoms with van der Waals surface area (Å²) in [5.41, 5.74) is -5.53. The van der Waals surface area contributed by atoms with E-state index in [2.05, 4.69) is 0 Å². The second kappa shape index (κ2) is 11.3. The van der Waals surface area contributed by atoms with E-state index in [0.29, 0.717) is 13.1 Å². The quantitative estimate of drug-likeness (QED) is 0.293. The molecular weight excluding hydrogens is 427 g/mol. The fourth-order valence-corrected chi connectivity index (χ4v) is 2.96. The number of rotatable bonds is 13. The highest BCUT2D eigenvalue weighted by atomic mass is 19.1. The number of esters is 1. The van der Waals surface area contributed by atoms with Crippen LogP contribution in [0.1, 0.15) is 43.5 Å². The van der Waals surface area contributed by atoms with Crippen molar-refractivity contribution in [2.24, 2.45) is 0 Å². The Hall–Kier alpha value is -3.36. The van der Waals surface area contributed by atoms with Crippen LogP contribution in [0.2, 0.25) is 0 Å². The van der Waals surface area contributed by atoms with Crippen molar-refractivity contribution in [1.29, 1.82) is 5.26 Å². The van der Waals surface area contributed by atoms with Crippen LogP contribution in [-0.2, 0) is 19.1 Å². The molecule has 0 aliphatic carbocycles. The topological polar surface area (TPSA) is 165 Å². The van der Waals surface area contributed by atoms with Crippen molar-refractivity contribution in [2.45, 2.75) is 44.3 Å². The van der Waals surface area contributed by atoms with E-state index in [4.69, 9.17) is 14.9 Å². The van der Waals surface area contributed by atoms with Crippen LogP contribution in [0.5, 0.6) is 0 Å². The largest absolute Gasteiger partial charge is 0.481 e. The van der Waals surface area contributed by atoms with Gasteiger partial charge in [-0.2, -0.15) is 5.26 Å². The monoisotopic (exact) mass is 452 g/mol. The number of benzene rings is 1. The van der Waals surface area contributed by atoms with Gasteiger partial charge in [0.25, 0.3) is 5.60 Å². The van der Waals surface area contributed by atoms with Gasteiger partial charge in [-0.05, 0) is 37.4 Å². The van der Waals surface area contributed by atoms with Crippen molar-refractivity contribution in [3.63, 3.8) is 0 Å². The number of carbonyl (C=O) groups is 4. The Morgan fingerprint density at radius 3 is 2.09 bits per heavy atom. The number of Topliss-reactive ketones (excluding diaryl/α,β-unsaturated/α-hetero) is 1. The number of nitriles is 1. The van der Waals surface area contributed by atoms with E-state index in [0.717, 1.165) is 24.3 Å². The number of hydrogen-bond donors (Lipinski definition) is 3. The summed E-state index contributed by atoms with van der Waals surface area (Å²) < 4.78 is 18.4. The minimum atomic E-state index is -3.00. The second-order valence-corrected chi connectivity index (χ2v) is 7.11. The van der Waals surface area contributed by atoms with E-state index < -0.39 is 53.6 Å². The molecule has 1 aromatic rings. The average molecular weight is 452 g/mol. The molecule has 0 aliphatic rings. The van der Waals surface area contributed by atoms with Crippen LogP contribution in [0.15, 0.2) is 24.3 Å². The Bertz CT molecular complexity index is 894. The lowest BCUT2D eigenvalue weighted by Crippen LogP contribution is -2.48. The first-order valence-electron chi connectivity index (χ1n) is 9.76. The fraction of sp³-hybridized carbons (Fsp3) is 0.476. The van der Waals surface area contributed by atoms with Gasteiger partial charge in [-0.3, -0.25) is 14.4 Å². The zero-order valence-electron chi connectivity index (χ0n) is 17.7. The molecule has 0 spiro atoms. The summed E-state index contributed by atoms with van der Waals surface area (Å²) in [6, 6.07) is 5.84. The lowest BCUT2D eigenvalue weighted by molar-refractivity contribution is -0.174. The molecule has 2 unspecified atom stereocenters. The molecule has 0 fully saturated rings. The molecule has 0 saturated carbocycles. The summed E-state index contributed by atoms with van der Waals surface area (Å²) in [6.45, 7) is 4.95. The van der Waals surface area contributed by atoms with Crippen LogP contribution in [0.25, 0.3) is 0 Å². The highest BCUT2D eigenvalue weighted by molar-refractivity contribution is 6.05. The summed E-state index contributed by atoms with van der Waals surface area (Å²) in [4.78, 5) is 49.6. The Labute approximate surface area is 183 Å². The highest BCUT2D eigenvalue weighted by Crippen LogP contribution is 2.26. The lowest BCUT2D eigenvalue weighted by atomic mass is 9.89. The number of ether oxygens (including phenoxy) is 1. The van der Waals surface area contributed by atoms with Crippen LogP contribution in [0.4, 0.5) is 4.39 Å². The number of aliphatic carboxylic acids is 2. The molecule has 0 aromatic heterocycles. The predicted molar refractivity (Wildman–Crippen MR) is 107 cm³/mol. The molecule has 0 aliphatic heterocycles. The minimum Gasteiger partial charge on any atom is -0.481 e. The fourth-order valence-electron chi connectivity index (χ4n) is 2.96. The van der Waals surface area contributed by atoms with Crippen LogP contribution < -0.4 is 0 Å². The number of carboxylic acid groups (broad SMARTS) is 2. The number of halogens is 1. The SMILES string of the molecule is CCN(CC)CCC(C#N)(OC(=O)CC(O)(CC(=O)O)C(=O)O)C(=O)c1ccc(F)cc1. The van der Waals surface area contributed by atoms with Crippen LogP contribution in [0, 0.1) is 17.1 Å². The van der Waals surface area contributed by atoms with Gasteiger partial charge in [-0.25, -0.2) is 9.18 Å². The summed E-state index contributed by atoms with van der Waals surface area (Å²) in [7, 11) is 0. The van der Waals surface area contributed by atoms with E-state index in [1.165, 1.54) is 0 Å². The second-order valence-electron chi connectivity index (χ2n) is 7.11. The first kappa shape index (κ1) is 26.7. The number of aliphatic hydroxyl groups is 1. The van der Waals surface area contributed by atoms with E-state index in [1.54, 1.807) is 6.07 Å². The molecule has 174 valence electrons. The van der Waals surface area contributed by atoms with Crippen LogP contribution >= 0.6 is 0 Å².